The Morgan fingerprint density at radius 2 is 1.94 bits per heavy atom. The lowest BCUT2D eigenvalue weighted by atomic mass is 9.91. The average molecular weight is 250 g/mol. The minimum Gasteiger partial charge on any atom is -0.461 e. The van der Waals surface area contributed by atoms with Gasteiger partial charge in [0.2, 0.25) is 0 Å². The van der Waals surface area contributed by atoms with E-state index in [-0.39, 0.29) is 22.7 Å². The van der Waals surface area contributed by atoms with Gasteiger partial charge in [-0.15, -0.1) is 0 Å². The zero-order valence-electron chi connectivity index (χ0n) is 12.4. The fourth-order valence-corrected chi connectivity index (χ4v) is 3.18. The number of carbonyl (C=O) groups is 1. The lowest BCUT2D eigenvalue weighted by Crippen LogP contribution is -2.15. The van der Waals surface area contributed by atoms with Crippen LogP contribution in [0.2, 0.25) is 0 Å². The Balaban J connectivity index is 1.84. The van der Waals surface area contributed by atoms with Crippen LogP contribution in [0, 0.1) is 22.7 Å². The standard InChI is InChI=1S/C16H26O2/c1-11-6-8-12(9-7-11)10-18-14(17)13-15(2,3)16(13,4)5/h8,11,13H,6-7,9-10H2,1-5H3. The zero-order valence-corrected chi connectivity index (χ0v) is 12.4. The Hall–Kier alpha value is -0.790. The molecule has 2 aliphatic carbocycles. The quantitative estimate of drug-likeness (QED) is 0.560. The summed E-state index contributed by atoms with van der Waals surface area (Å²) < 4.78 is 5.50. The van der Waals surface area contributed by atoms with E-state index in [1.54, 1.807) is 0 Å². The van der Waals surface area contributed by atoms with Gasteiger partial charge in [-0.25, -0.2) is 0 Å². The highest BCUT2D eigenvalue weighted by atomic mass is 16.5. The normalized spacial score (nSPS) is 29.6. The van der Waals surface area contributed by atoms with Crippen LogP contribution in [0.1, 0.15) is 53.9 Å². The molecule has 0 amide bonds. The van der Waals surface area contributed by atoms with Crippen molar-refractivity contribution in [3.8, 4) is 0 Å². The SMILES string of the molecule is CC1CC=C(COC(=O)C2C(C)(C)C2(C)C)CC1. The zero-order chi connectivity index (χ0) is 13.6. The molecule has 0 radical (unpaired) electrons. The van der Waals surface area contributed by atoms with E-state index in [0.717, 1.165) is 18.8 Å². The van der Waals surface area contributed by atoms with Gasteiger partial charge in [0.1, 0.15) is 6.61 Å². The molecule has 0 aromatic heterocycles. The molecule has 2 aliphatic rings. The van der Waals surface area contributed by atoms with Gasteiger partial charge in [-0.3, -0.25) is 4.79 Å². The highest BCUT2D eigenvalue weighted by Gasteiger charge is 2.69. The van der Waals surface area contributed by atoms with E-state index in [2.05, 4.69) is 40.7 Å². The van der Waals surface area contributed by atoms with E-state index in [1.165, 1.54) is 12.0 Å². The number of hydrogen-bond donors (Lipinski definition) is 0. The van der Waals surface area contributed by atoms with Crippen LogP contribution in [-0.2, 0) is 9.53 Å². The van der Waals surface area contributed by atoms with E-state index in [0.29, 0.717) is 6.61 Å². The first kappa shape index (κ1) is 13.6. The third kappa shape index (κ3) is 2.22. The van der Waals surface area contributed by atoms with Crippen molar-refractivity contribution in [1.82, 2.24) is 0 Å². The van der Waals surface area contributed by atoms with Crippen LogP contribution in [0.5, 0.6) is 0 Å². The lowest BCUT2D eigenvalue weighted by molar-refractivity contribution is -0.145. The molecule has 2 rings (SSSR count). The second kappa shape index (κ2) is 4.40. The molecule has 102 valence electrons. The van der Waals surface area contributed by atoms with Gasteiger partial charge in [0, 0.05) is 0 Å². The molecule has 1 fully saturated rings. The second-order valence-corrected chi connectivity index (χ2v) is 7.23. The van der Waals surface area contributed by atoms with Crippen molar-refractivity contribution < 1.29 is 9.53 Å². The third-order valence-corrected chi connectivity index (χ3v) is 5.42. The van der Waals surface area contributed by atoms with Crippen LogP contribution in [-0.4, -0.2) is 12.6 Å². The summed E-state index contributed by atoms with van der Waals surface area (Å²) in [6.07, 6.45) is 5.70. The molecule has 1 atom stereocenters. The van der Waals surface area contributed by atoms with Crippen LogP contribution in [0.3, 0.4) is 0 Å². The fourth-order valence-electron chi connectivity index (χ4n) is 3.18. The van der Waals surface area contributed by atoms with Crippen LogP contribution < -0.4 is 0 Å². The van der Waals surface area contributed by atoms with Gasteiger partial charge in [-0.1, -0.05) is 40.7 Å². The van der Waals surface area contributed by atoms with E-state index in [1.807, 2.05) is 0 Å². The molecular formula is C16H26O2. The summed E-state index contributed by atoms with van der Waals surface area (Å²) in [5, 5.41) is 0. The molecule has 0 aromatic carbocycles. The lowest BCUT2D eigenvalue weighted by Gasteiger charge is -2.18. The first-order chi connectivity index (χ1) is 8.26. The van der Waals surface area contributed by atoms with E-state index >= 15 is 0 Å². The summed E-state index contributed by atoms with van der Waals surface area (Å²) in [5.74, 6) is 0.836. The summed E-state index contributed by atoms with van der Waals surface area (Å²) in [6, 6.07) is 0. The molecule has 1 unspecified atom stereocenters. The van der Waals surface area contributed by atoms with Crippen LogP contribution >= 0.6 is 0 Å². The predicted molar refractivity (Wildman–Crippen MR) is 73.1 cm³/mol. The summed E-state index contributed by atoms with van der Waals surface area (Å²) in [4.78, 5) is 12.1. The Bertz CT molecular complexity index is 363. The highest BCUT2D eigenvalue weighted by Crippen LogP contribution is 2.68. The third-order valence-electron chi connectivity index (χ3n) is 5.42. The van der Waals surface area contributed by atoms with Crippen molar-refractivity contribution in [3.63, 3.8) is 0 Å². The topological polar surface area (TPSA) is 26.3 Å². The largest absolute Gasteiger partial charge is 0.461 e. The molecule has 2 nitrogen and oxygen atoms in total. The number of allylic oxidation sites excluding steroid dienone is 1. The van der Waals surface area contributed by atoms with Gasteiger partial charge in [0.05, 0.1) is 5.92 Å². The molecule has 0 bridgehead atoms. The van der Waals surface area contributed by atoms with Crippen molar-refractivity contribution in [2.75, 3.05) is 6.61 Å². The molecule has 0 saturated heterocycles. The molecule has 0 aliphatic heterocycles. The number of esters is 1. The first-order valence-electron chi connectivity index (χ1n) is 7.11. The van der Waals surface area contributed by atoms with Gasteiger partial charge < -0.3 is 4.74 Å². The Morgan fingerprint density at radius 1 is 1.33 bits per heavy atom. The predicted octanol–water partition coefficient (Wildman–Crippen LogP) is 3.96. The van der Waals surface area contributed by atoms with Crippen LogP contribution in [0.15, 0.2) is 11.6 Å². The van der Waals surface area contributed by atoms with Gasteiger partial charge in [-0.05, 0) is 41.6 Å². The fraction of sp³-hybridized carbons (Fsp3) is 0.812. The number of rotatable bonds is 3. The maximum Gasteiger partial charge on any atom is 0.310 e. The smallest absolute Gasteiger partial charge is 0.310 e. The summed E-state index contributed by atoms with van der Waals surface area (Å²) in [5.41, 5.74) is 1.47. The molecule has 2 heteroatoms. The molecular weight excluding hydrogens is 224 g/mol. The van der Waals surface area contributed by atoms with Crippen molar-refractivity contribution in [1.29, 1.82) is 0 Å². The molecule has 18 heavy (non-hydrogen) atoms. The minimum atomic E-state index is -0.00970. The maximum atomic E-state index is 12.1. The van der Waals surface area contributed by atoms with Crippen molar-refractivity contribution in [3.05, 3.63) is 11.6 Å². The minimum absolute atomic E-state index is 0.00970. The number of hydrogen-bond acceptors (Lipinski definition) is 2. The maximum absolute atomic E-state index is 12.1. The summed E-state index contributed by atoms with van der Waals surface area (Å²) in [6.45, 7) is 11.4. The van der Waals surface area contributed by atoms with Gasteiger partial charge in [-0.2, -0.15) is 0 Å². The van der Waals surface area contributed by atoms with E-state index < -0.39 is 0 Å². The van der Waals surface area contributed by atoms with Gasteiger partial charge in [0.25, 0.3) is 0 Å². The van der Waals surface area contributed by atoms with Crippen molar-refractivity contribution in [2.45, 2.75) is 53.9 Å². The number of carbonyl (C=O) groups excluding carboxylic acids is 1. The Kier molecular flexibility index (Phi) is 3.33. The van der Waals surface area contributed by atoms with Crippen LogP contribution in [0.25, 0.3) is 0 Å². The highest BCUT2D eigenvalue weighted by molar-refractivity contribution is 5.78. The first-order valence-corrected chi connectivity index (χ1v) is 7.11. The monoisotopic (exact) mass is 250 g/mol. The molecule has 0 spiro atoms. The second-order valence-electron chi connectivity index (χ2n) is 7.23. The Morgan fingerprint density at radius 3 is 2.39 bits per heavy atom. The molecule has 0 N–H and O–H groups in total. The Labute approximate surface area is 111 Å². The summed E-state index contributed by atoms with van der Waals surface area (Å²) in [7, 11) is 0. The molecule has 0 aromatic rings. The van der Waals surface area contributed by atoms with Gasteiger partial charge in [0.15, 0.2) is 0 Å². The van der Waals surface area contributed by atoms with E-state index in [4.69, 9.17) is 4.74 Å². The van der Waals surface area contributed by atoms with Crippen LogP contribution in [0.4, 0.5) is 0 Å². The van der Waals surface area contributed by atoms with E-state index in [9.17, 15) is 4.79 Å². The number of ether oxygens (including phenoxy) is 1. The van der Waals surface area contributed by atoms with Crippen molar-refractivity contribution >= 4 is 5.97 Å². The summed E-state index contributed by atoms with van der Waals surface area (Å²) >= 11 is 0. The van der Waals surface area contributed by atoms with Gasteiger partial charge >= 0.3 is 5.97 Å². The van der Waals surface area contributed by atoms with Crippen molar-refractivity contribution in [2.24, 2.45) is 22.7 Å². The molecule has 1 saturated carbocycles. The average Bonchev–Trinajstić information content (AvgIpc) is 2.68. The molecule has 0 heterocycles.